The predicted octanol–water partition coefficient (Wildman–Crippen LogP) is 10.1. The maximum absolute atomic E-state index is 11.1. The summed E-state index contributed by atoms with van der Waals surface area (Å²) in [6, 6.07) is 4.38. The predicted molar refractivity (Wildman–Crippen MR) is 146 cm³/mol. The molecular formula is C28H50OS2. The summed E-state index contributed by atoms with van der Waals surface area (Å²) in [5.74, 6) is 0.447. The van der Waals surface area contributed by atoms with Crippen molar-refractivity contribution >= 4 is 25.3 Å². The minimum atomic E-state index is -0.101. The fraction of sp³-hybridized carbons (Fsp3) is 0.786. The van der Waals surface area contributed by atoms with E-state index in [1.165, 1.54) is 82.6 Å². The maximum atomic E-state index is 11.1. The zero-order chi connectivity index (χ0) is 23.3. The largest absolute Gasteiger partial charge is 0.507 e. The number of phenolic OH excluding ortho intramolecular Hbond substituents is 1. The Bertz CT molecular complexity index is 606. The summed E-state index contributed by atoms with van der Waals surface area (Å²) in [5.41, 5.74) is 3.18. The molecule has 0 aliphatic rings. The average molecular weight is 467 g/mol. The van der Waals surface area contributed by atoms with Crippen LogP contribution in [0.1, 0.15) is 152 Å². The van der Waals surface area contributed by atoms with Gasteiger partial charge < -0.3 is 5.11 Å². The van der Waals surface area contributed by atoms with E-state index in [4.69, 9.17) is 25.3 Å². The molecule has 0 heterocycles. The van der Waals surface area contributed by atoms with Gasteiger partial charge in [-0.2, -0.15) is 25.3 Å². The first-order valence-corrected chi connectivity index (χ1v) is 14.0. The Balaban J connectivity index is 2.83. The van der Waals surface area contributed by atoms with Gasteiger partial charge in [-0.15, -0.1) is 0 Å². The van der Waals surface area contributed by atoms with Crippen molar-refractivity contribution < 1.29 is 5.11 Å². The fourth-order valence-corrected chi connectivity index (χ4v) is 4.97. The van der Waals surface area contributed by atoms with E-state index < -0.39 is 0 Å². The summed E-state index contributed by atoms with van der Waals surface area (Å²) in [6.45, 7) is 11.1. The van der Waals surface area contributed by atoms with Gasteiger partial charge in [0, 0.05) is 16.1 Å². The molecule has 0 fully saturated rings. The molecule has 2 unspecified atom stereocenters. The van der Waals surface area contributed by atoms with Crippen molar-refractivity contribution in [3.05, 3.63) is 28.8 Å². The third kappa shape index (κ3) is 10.9. The second kappa shape index (κ2) is 15.5. The van der Waals surface area contributed by atoms with E-state index in [0.717, 1.165) is 24.0 Å². The lowest BCUT2D eigenvalue weighted by molar-refractivity contribution is 0.437. The third-order valence-corrected chi connectivity index (χ3v) is 7.47. The highest BCUT2D eigenvalue weighted by molar-refractivity contribution is 7.80. The van der Waals surface area contributed by atoms with Crippen LogP contribution in [0.2, 0.25) is 0 Å². The highest BCUT2D eigenvalue weighted by Crippen LogP contribution is 2.43. The molecule has 1 aromatic rings. The number of rotatable bonds is 16. The molecule has 0 amide bonds. The minimum absolute atomic E-state index is 0.0850. The molecule has 2 atom stereocenters. The maximum Gasteiger partial charge on any atom is 0.123 e. The third-order valence-electron chi connectivity index (χ3n) is 6.38. The number of aromatic hydroxyl groups is 1. The summed E-state index contributed by atoms with van der Waals surface area (Å²) in [7, 11) is 0. The molecule has 31 heavy (non-hydrogen) atoms. The van der Waals surface area contributed by atoms with Crippen LogP contribution in [0.25, 0.3) is 0 Å². The van der Waals surface area contributed by atoms with Crippen LogP contribution in [0.3, 0.4) is 0 Å². The highest BCUT2D eigenvalue weighted by Gasteiger charge is 2.25. The number of phenols is 1. The first-order valence-electron chi connectivity index (χ1n) is 13.0. The molecule has 0 spiro atoms. The van der Waals surface area contributed by atoms with Gasteiger partial charge in [0.25, 0.3) is 0 Å². The van der Waals surface area contributed by atoms with E-state index in [1.54, 1.807) is 0 Å². The van der Waals surface area contributed by atoms with Crippen LogP contribution in [0.15, 0.2) is 12.1 Å². The Kier molecular flexibility index (Phi) is 14.4. The second-order valence-corrected chi connectivity index (χ2v) is 11.6. The molecule has 1 rings (SSSR count). The lowest BCUT2D eigenvalue weighted by Crippen LogP contribution is -2.14. The SMILES string of the molecule is CCCCCCCCC(S)c1cc(C(S)CCCCCCCC)c(O)c(C(C)(C)C)c1. The normalized spacial score (nSPS) is 14.0. The molecule has 0 saturated carbocycles. The Morgan fingerprint density at radius 3 is 1.65 bits per heavy atom. The van der Waals surface area contributed by atoms with Gasteiger partial charge in [0.2, 0.25) is 0 Å². The summed E-state index contributed by atoms with van der Waals surface area (Å²) >= 11 is 9.89. The second-order valence-electron chi connectivity index (χ2n) is 10.4. The molecule has 0 saturated heterocycles. The molecular weight excluding hydrogens is 416 g/mol. The van der Waals surface area contributed by atoms with E-state index in [2.05, 4.69) is 46.8 Å². The summed E-state index contributed by atoms with van der Waals surface area (Å²) < 4.78 is 0. The van der Waals surface area contributed by atoms with Crippen LogP contribution < -0.4 is 0 Å². The first kappa shape index (κ1) is 28.8. The molecule has 0 aliphatic heterocycles. The summed E-state index contributed by atoms with van der Waals surface area (Å²) in [5, 5.41) is 11.4. The number of benzene rings is 1. The van der Waals surface area contributed by atoms with Crippen molar-refractivity contribution in [3.8, 4) is 5.75 Å². The molecule has 0 radical (unpaired) electrons. The van der Waals surface area contributed by atoms with Crippen LogP contribution in [-0.4, -0.2) is 5.11 Å². The molecule has 3 heteroatoms. The molecule has 1 nitrogen and oxygen atoms in total. The Morgan fingerprint density at radius 2 is 1.16 bits per heavy atom. The zero-order valence-corrected chi connectivity index (χ0v) is 22.8. The number of hydrogen-bond donors (Lipinski definition) is 3. The van der Waals surface area contributed by atoms with E-state index in [1.807, 2.05) is 0 Å². The average Bonchev–Trinajstić information content (AvgIpc) is 2.72. The van der Waals surface area contributed by atoms with E-state index in [-0.39, 0.29) is 15.9 Å². The van der Waals surface area contributed by atoms with Gasteiger partial charge in [-0.05, 0) is 35.4 Å². The van der Waals surface area contributed by atoms with Crippen molar-refractivity contribution in [2.75, 3.05) is 0 Å². The molecule has 0 aromatic heterocycles. The van der Waals surface area contributed by atoms with Crippen LogP contribution in [0, 0.1) is 0 Å². The van der Waals surface area contributed by atoms with Crippen LogP contribution >= 0.6 is 25.3 Å². The van der Waals surface area contributed by atoms with Gasteiger partial charge in [0.15, 0.2) is 0 Å². The topological polar surface area (TPSA) is 20.2 Å². The van der Waals surface area contributed by atoms with Gasteiger partial charge in [-0.25, -0.2) is 0 Å². The molecule has 1 aromatic carbocycles. The summed E-state index contributed by atoms with van der Waals surface area (Å²) in [4.78, 5) is 0. The number of hydrogen-bond acceptors (Lipinski definition) is 3. The molecule has 1 N–H and O–H groups in total. The number of unbranched alkanes of at least 4 members (excludes halogenated alkanes) is 10. The van der Waals surface area contributed by atoms with Gasteiger partial charge in [0.1, 0.15) is 5.75 Å². The van der Waals surface area contributed by atoms with Gasteiger partial charge in [-0.3, -0.25) is 0 Å². The fourth-order valence-electron chi connectivity index (χ4n) is 4.26. The van der Waals surface area contributed by atoms with Crippen LogP contribution in [-0.2, 0) is 5.41 Å². The minimum Gasteiger partial charge on any atom is -0.507 e. The van der Waals surface area contributed by atoms with Crippen molar-refractivity contribution in [2.24, 2.45) is 0 Å². The van der Waals surface area contributed by atoms with E-state index in [0.29, 0.717) is 5.75 Å². The monoisotopic (exact) mass is 466 g/mol. The van der Waals surface area contributed by atoms with Crippen LogP contribution in [0.4, 0.5) is 0 Å². The number of thiol groups is 2. The Hall–Kier alpha value is -0.280. The van der Waals surface area contributed by atoms with Gasteiger partial charge in [0.05, 0.1) is 0 Å². The highest BCUT2D eigenvalue weighted by atomic mass is 32.1. The van der Waals surface area contributed by atoms with Crippen molar-refractivity contribution in [2.45, 2.75) is 140 Å². The molecule has 0 bridgehead atoms. The quantitative estimate of drug-likeness (QED) is 0.163. The molecule has 0 aliphatic carbocycles. The van der Waals surface area contributed by atoms with Crippen molar-refractivity contribution in [1.29, 1.82) is 0 Å². The van der Waals surface area contributed by atoms with Crippen molar-refractivity contribution in [1.82, 2.24) is 0 Å². The van der Waals surface area contributed by atoms with Gasteiger partial charge in [-0.1, -0.05) is 118 Å². The van der Waals surface area contributed by atoms with E-state index in [9.17, 15) is 5.11 Å². The standard InChI is InChI=1S/C28H50OS2/c1-6-8-10-12-14-16-18-25(30)22-20-23(27(29)24(21-22)28(3,4)5)26(31)19-17-15-13-11-9-7-2/h20-21,25-26,29-31H,6-19H2,1-5H3. The van der Waals surface area contributed by atoms with Crippen LogP contribution in [0.5, 0.6) is 5.75 Å². The first-order chi connectivity index (χ1) is 14.7. The molecule has 180 valence electrons. The summed E-state index contributed by atoms with van der Waals surface area (Å²) in [6.07, 6.45) is 17.7. The zero-order valence-electron chi connectivity index (χ0n) is 21.1. The van der Waals surface area contributed by atoms with Gasteiger partial charge >= 0.3 is 0 Å². The van der Waals surface area contributed by atoms with Crippen molar-refractivity contribution in [3.63, 3.8) is 0 Å². The Morgan fingerprint density at radius 1 is 0.710 bits per heavy atom. The Labute approximate surface area is 205 Å². The lowest BCUT2D eigenvalue weighted by Gasteiger charge is -2.26. The lowest BCUT2D eigenvalue weighted by atomic mass is 9.82. The smallest absolute Gasteiger partial charge is 0.123 e. The van der Waals surface area contributed by atoms with E-state index >= 15 is 0 Å².